The smallest absolute Gasteiger partial charge is 0.475 e. The molecular formula is C37H46F3N3O3. The summed E-state index contributed by atoms with van der Waals surface area (Å²) in [5, 5.41) is 14.2. The highest BCUT2D eigenvalue weighted by molar-refractivity contribution is 5.76. The summed E-state index contributed by atoms with van der Waals surface area (Å²) in [5.74, 6) is -1.66. The molecule has 1 saturated heterocycles. The normalized spacial score (nSPS) is 16.8. The van der Waals surface area contributed by atoms with Crippen LogP contribution in [0.25, 0.3) is 11.1 Å². The van der Waals surface area contributed by atoms with Gasteiger partial charge in [0, 0.05) is 32.1 Å². The standard InChI is InChI=1S/C35H45N3O.C2HF3O2/c39-35(21-16-28-9-4-5-10-28)38(34-11-6-23-36-26-34)27-31-14-19-33(20-15-31)32-17-12-30(13-18-32)25-37-24-22-29-7-2-1-3-8-29;3-2(4,5)1(6)7/h1-3,7-8,12-15,17-20,28,34,36-37H,4-6,9-11,16,21-27H2;(H,6,7). The van der Waals surface area contributed by atoms with E-state index in [9.17, 15) is 18.0 Å². The maximum absolute atomic E-state index is 13.4. The lowest BCUT2D eigenvalue weighted by atomic mass is 9.99. The molecule has 1 aliphatic heterocycles. The number of carboxylic acid groups (broad SMARTS) is 1. The molecule has 1 saturated carbocycles. The number of rotatable bonds is 12. The number of piperidine rings is 1. The number of nitrogens with zero attached hydrogens (tertiary/aromatic N) is 1. The Labute approximate surface area is 270 Å². The number of hydrogen-bond donors (Lipinski definition) is 3. The summed E-state index contributed by atoms with van der Waals surface area (Å²) in [6.45, 7) is 4.55. The molecule has 3 N–H and O–H groups in total. The molecule has 0 spiro atoms. The summed E-state index contributed by atoms with van der Waals surface area (Å²) < 4.78 is 31.7. The van der Waals surface area contributed by atoms with Crippen LogP contribution >= 0.6 is 0 Å². The molecule has 9 heteroatoms. The second-order valence-electron chi connectivity index (χ2n) is 12.3. The highest BCUT2D eigenvalue weighted by Gasteiger charge is 2.38. The van der Waals surface area contributed by atoms with Crippen molar-refractivity contribution in [3.63, 3.8) is 0 Å². The minimum absolute atomic E-state index is 0.309. The summed E-state index contributed by atoms with van der Waals surface area (Å²) in [6.07, 6.45) is 5.29. The van der Waals surface area contributed by atoms with Crippen molar-refractivity contribution in [3.8, 4) is 11.1 Å². The number of amides is 1. The Morgan fingerprint density at radius 1 is 0.826 bits per heavy atom. The Morgan fingerprint density at radius 3 is 2.00 bits per heavy atom. The van der Waals surface area contributed by atoms with Gasteiger partial charge in [-0.2, -0.15) is 13.2 Å². The summed E-state index contributed by atoms with van der Waals surface area (Å²) in [4.78, 5) is 24.5. The lowest BCUT2D eigenvalue weighted by Crippen LogP contribution is -2.48. The number of carbonyl (C=O) groups is 2. The van der Waals surface area contributed by atoms with Gasteiger partial charge in [0.1, 0.15) is 0 Å². The molecule has 6 nitrogen and oxygen atoms in total. The molecule has 3 aromatic carbocycles. The van der Waals surface area contributed by atoms with E-state index in [2.05, 4.69) is 94.4 Å². The van der Waals surface area contributed by atoms with E-state index in [4.69, 9.17) is 9.90 Å². The van der Waals surface area contributed by atoms with Crippen molar-refractivity contribution < 1.29 is 27.9 Å². The van der Waals surface area contributed by atoms with Crippen LogP contribution in [0.5, 0.6) is 0 Å². The van der Waals surface area contributed by atoms with Crippen molar-refractivity contribution in [2.45, 2.75) is 83.1 Å². The van der Waals surface area contributed by atoms with Gasteiger partial charge in [-0.3, -0.25) is 4.79 Å². The minimum atomic E-state index is -5.08. The average Bonchev–Trinajstić information content (AvgIpc) is 3.60. The van der Waals surface area contributed by atoms with E-state index in [0.717, 1.165) is 57.8 Å². The molecule has 0 bridgehead atoms. The molecule has 3 aromatic rings. The maximum Gasteiger partial charge on any atom is 0.490 e. The zero-order chi connectivity index (χ0) is 32.8. The first-order valence-electron chi connectivity index (χ1n) is 16.4. The predicted molar refractivity (Wildman–Crippen MR) is 175 cm³/mol. The Hall–Kier alpha value is -3.69. The highest BCUT2D eigenvalue weighted by Crippen LogP contribution is 2.29. The number of halogens is 3. The van der Waals surface area contributed by atoms with Crippen LogP contribution in [0.4, 0.5) is 13.2 Å². The highest BCUT2D eigenvalue weighted by atomic mass is 19.4. The van der Waals surface area contributed by atoms with Gasteiger partial charge < -0.3 is 20.6 Å². The predicted octanol–water partition coefficient (Wildman–Crippen LogP) is 7.37. The van der Waals surface area contributed by atoms with Crippen LogP contribution in [0.3, 0.4) is 0 Å². The number of nitrogens with one attached hydrogen (secondary N) is 2. The van der Waals surface area contributed by atoms with E-state index in [1.807, 2.05) is 0 Å². The van der Waals surface area contributed by atoms with E-state index in [1.54, 1.807) is 0 Å². The van der Waals surface area contributed by atoms with Crippen molar-refractivity contribution >= 4 is 11.9 Å². The van der Waals surface area contributed by atoms with Crippen LogP contribution in [0, 0.1) is 5.92 Å². The summed E-state index contributed by atoms with van der Waals surface area (Å²) >= 11 is 0. The van der Waals surface area contributed by atoms with Gasteiger partial charge in [0.15, 0.2) is 0 Å². The molecule has 5 rings (SSSR count). The average molecular weight is 638 g/mol. The topological polar surface area (TPSA) is 81.7 Å². The number of aliphatic carboxylic acids is 1. The van der Waals surface area contributed by atoms with Gasteiger partial charge in [0.2, 0.25) is 5.91 Å². The van der Waals surface area contributed by atoms with Crippen molar-refractivity contribution in [1.29, 1.82) is 0 Å². The van der Waals surface area contributed by atoms with Crippen LogP contribution < -0.4 is 10.6 Å². The van der Waals surface area contributed by atoms with Gasteiger partial charge >= 0.3 is 12.1 Å². The van der Waals surface area contributed by atoms with Crippen molar-refractivity contribution in [1.82, 2.24) is 15.5 Å². The maximum atomic E-state index is 13.4. The van der Waals surface area contributed by atoms with Gasteiger partial charge in [-0.1, -0.05) is 105 Å². The SMILES string of the molecule is O=C(CCC1CCCC1)N(Cc1ccc(-c2ccc(CNCCc3ccccc3)cc2)cc1)C1CCCNC1.O=C(O)C(F)(F)F. The molecule has 1 heterocycles. The first-order valence-corrected chi connectivity index (χ1v) is 16.4. The molecule has 1 unspecified atom stereocenters. The number of benzene rings is 3. The van der Waals surface area contributed by atoms with Gasteiger partial charge in [-0.05, 0) is 72.5 Å². The van der Waals surface area contributed by atoms with Gasteiger partial charge in [-0.15, -0.1) is 0 Å². The van der Waals surface area contributed by atoms with Crippen LogP contribution in [0.15, 0.2) is 78.9 Å². The van der Waals surface area contributed by atoms with E-state index in [0.29, 0.717) is 24.9 Å². The van der Waals surface area contributed by atoms with E-state index < -0.39 is 12.1 Å². The van der Waals surface area contributed by atoms with Crippen molar-refractivity contribution in [2.75, 3.05) is 19.6 Å². The summed E-state index contributed by atoms with van der Waals surface area (Å²) in [5.41, 5.74) is 6.35. The van der Waals surface area contributed by atoms with Gasteiger partial charge in [0.05, 0.1) is 0 Å². The second-order valence-corrected chi connectivity index (χ2v) is 12.3. The second kappa shape index (κ2) is 17.9. The van der Waals surface area contributed by atoms with Crippen LogP contribution in [0.1, 0.15) is 68.1 Å². The third-order valence-corrected chi connectivity index (χ3v) is 8.87. The van der Waals surface area contributed by atoms with Crippen LogP contribution in [-0.4, -0.2) is 53.7 Å². The number of alkyl halides is 3. The lowest BCUT2D eigenvalue weighted by molar-refractivity contribution is -0.192. The first-order chi connectivity index (χ1) is 22.2. The molecule has 248 valence electrons. The first kappa shape index (κ1) is 35.2. The molecule has 1 atom stereocenters. The fraction of sp³-hybridized carbons (Fsp3) is 0.459. The Balaban J connectivity index is 0.000000617. The molecule has 0 radical (unpaired) electrons. The van der Waals surface area contributed by atoms with Crippen LogP contribution in [-0.2, 0) is 29.1 Å². The quantitative estimate of drug-likeness (QED) is 0.181. The zero-order valence-corrected chi connectivity index (χ0v) is 26.4. The van der Waals surface area contributed by atoms with E-state index in [-0.39, 0.29) is 0 Å². The number of carboxylic acids is 1. The van der Waals surface area contributed by atoms with E-state index in [1.165, 1.54) is 53.5 Å². The Bertz CT molecular complexity index is 1340. The van der Waals surface area contributed by atoms with Gasteiger partial charge in [-0.25, -0.2) is 4.79 Å². The largest absolute Gasteiger partial charge is 0.490 e. The molecular weight excluding hydrogens is 591 g/mol. The van der Waals surface area contributed by atoms with Crippen molar-refractivity contribution in [2.24, 2.45) is 5.92 Å². The fourth-order valence-electron chi connectivity index (χ4n) is 6.22. The monoisotopic (exact) mass is 637 g/mol. The molecule has 2 fully saturated rings. The molecule has 1 aliphatic carbocycles. The summed E-state index contributed by atoms with van der Waals surface area (Å²) in [6, 6.07) is 28.7. The van der Waals surface area contributed by atoms with Crippen LogP contribution in [0.2, 0.25) is 0 Å². The fourth-order valence-corrected chi connectivity index (χ4v) is 6.22. The van der Waals surface area contributed by atoms with E-state index >= 15 is 0 Å². The number of hydrogen-bond acceptors (Lipinski definition) is 4. The molecule has 0 aromatic heterocycles. The molecule has 2 aliphatic rings. The Morgan fingerprint density at radius 2 is 1.43 bits per heavy atom. The zero-order valence-electron chi connectivity index (χ0n) is 26.4. The third kappa shape index (κ3) is 11.6. The third-order valence-electron chi connectivity index (χ3n) is 8.87. The lowest BCUT2D eigenvalue weighted by Gasteiger charge is -2.35. The van der Waals surface area contributed by atoms with Gasteiger partial charge in [0.25, 0.3) is 0 Å². The number of carbonyl (C=O) groups excluding carboxylic acids is 1. The summed E-state index contributed by atoms with van der Waals surface area (Å²) in [7, 11) is 0. The molecule has 1 amide bonds. The minimum Gasteiger partial charge on any atom is -0.475 e. The molecule has 46 heavy (non-hydrogen) atoms. The Kier molecular flexibility index (Phi) is 13.7. The van der Waals surface area contributed by atoms with Crippen molar-refractivity contribution in [3.05, 3.63) is 95.6 Å².